The molecule has 0 amide bonds. The molecule has 1 aromatic heterocycles. The molecule has 0 aromatic carbocycles. The van der Waals surface area contributed by atoms with Crippen molar-refractivity contribution in [1.82, 2.24) is 4.98 Å². The molecule has 0 radical (unpaired) electrons. The third kappa shape index (κ3) is 1.50. The van der Waals surface area contributed by atoms with Gasteiger partial charge in [-0.15, -0.1) is 11.3 Å². The Morgan fingerprint density at radius 3 is 3.11 bits per heavy atom. The molecule has 0 fully saturated rings. The first kappa shape index (κ1) is 6.72. The highest BCUT2D eigenvalue weighted by atomic mass is 79.9. The van der Waals surface area contributed by atoms with E-state index in [1.807, 2.05) is 0 Å². The summed E-state index contributed by atoms with van der Waals surface area (Å²) >= 11 is 4.71. The maximum absolute atomic E-state index is 8.27. The summed E-state index contributed by atoms with van der Waals surface area (Å²) in [5, 5.41) is 8.27. The van der Waals surface area contributed by atoms with Crippen LogP contribution in [0.5, 0.6) is 0 Å². The van der Waals surface area contributed by atoms with E-state index < -0.39 is 0 Å². The van der Waals surface area contributed by atoms with Gasteiger partial charge in [0.05, 0.1) is 22.9 Å². The van der Waals surface area contributed by atoms with Crippen LogP contribution < -0.4 is 0 Å². The lowest BCUT2D eigenvalue weighted by atomic mass is 10.4. The number of nitriles is 1. The maximum atomic E-state index is 8.27. The van der Waals surface area contributed by atoms with Gasteiger partial charge in [-0.1, -0.05) is 0 Å². The van der Waals surface area contributed by atoms with Gasteiger partial charge in [0.25, 0.3) is 0 Å². The van der Waals surface area contributed by atoms with Crippen LogP contribution in [0.3, 0.4) is 0 Å². The van der Waals surface area contributed by atoms with Crippen LogP contribution in [-0.4, -0.2) is 4.98 Å². The van der Waals surface area contributed by atoms with Crippen LogP contribution in [0.4, 0.5) is 0 Å². The lowest BCUT2D eigenvalue weighted by molar-refractivity contribution is 1.24. The Kier molecular flexibility index (Phi) is 2.20. The molecule has 1 rings (SSSR count). The molecule has 46 valence electrons. The summed E-state index contributed by atoms with van der Waals surface area (Å²) in [5.41, 5.74) is 1.72. The molecule has 9 heavy (non-hydrogen) atoms. The number of hydrogen-bond acceptors (Lipinski definition) is 3. The molecule has 0 bridgehead atoms. The zero-order valence-electron chi connectivity index (χ0n) is 4.47. The summed E-state index contributed by atoms with van der Waals surface area (Å²) in [6.45, 7) is 0. The van der Waals surface area contributed by atoms with Gasteiger partial charge in [-0.3, -0.25) is 0 Å². The molecule has 1 heterocycles. The molecule has 2 nitrogen and oxygen atoms in total. The molecule has 0 aliphatic carbocycles. The van der Waals surface area contributed by atoms with Crippen LogP contribution in [0.2, 0.25) is 0 Å². The Morgan fingerprint density at radius 2 is 2.67 bits per heavy atom. The molecule has 0 N–H and O–H groups in total. The van der Waals surface area contributed by atoms with E-state index in [4.69, 9.17) is 5.26 Å². The molecule has 0 saturated carbocycles. The summed E-state index contributed by atoms with van der Waals surface area (Å²) in [4.78, 5) is 4.92. The minimum atomic E-state index is 0.450. The number of rotatable bonds is 1. The summed E-state index contributed by atoms with van der Waals surface area (Å²) in [6, 6.07) is 2.05. The van der Waals surface area contributed by atoms with E-state index in [9.17, 15) is 0 Å². The van der Waals surface area contributed by atoms with Gasteiger partial charge in [-0.05, 0) is 15.9 Å². The number of thiazole rings is 1. The van der Waals surface area contributed by atoms with Crippen LogP contribution in [0.15, 0.2) is 10.1 Å². The first-order valence-corrected chi connectivity index (χ1v) is 3.96. The highest BCUT2D eigenvalue weighted by Crippen LogP contribution is 2.18. The first-order valence-electron chi connectivity index (χ1n) is 2.29. The van der Waals surface area contributed by atoms with E-state index in [0.717, 1.165) is 9.48 Å². The quantitative estimate of drug-likeness (QED) is 0.699. The second kappa shape index (κ2) is 2.95. The van der Waals surface area contributed by atoms with Gasteiger partial charge < -0.3 is 0 Å². The average Bonchev–Trinajstić information content (AvgIpc) is 2.18. The van der Waals surface area contributed by atoms with Crippen molar-refractivity contribution in [2.24, 2.45) is 0 Å². The lowest BCUT2D eigenvalue weighted by Gasteiger charge is -1.81. The van der Waals surface area contributed by atoms with Crippen LogP contribution in [0, 0.1) is 11.3 Å². The topological polar surface area (TPSA) is 36.7 Å². The molecule has 0 unspecified atom stereocenters. The van der Waals surface area contributed by atoms with Crippen molar-refractivity contribution in [3.05, 3.63) is 15.0 Å². The second-order valence-electron chi connectivity index (χ2n) is 1.40. The van der Waals surface area contributed by atoms with Crippen LogP contribution in [-0.2, 0) is 6.42 Å². The van der Waals surface area contributed by atoms with Crippen molar-refractivity contribution >= 4 is 27.3 Å². The van der Waals surface area contributed by atoms with Gasteiger partial charge in [0.15, 0.2) is 0 Å². The zero-order valence-corrected chi connectivity index (χ0v) is 6.87. The van der Waals surface area contributed by atoms with Gasteiger partial charge in [-0.25, -0.2) is 4.98 Å². The Balaban J connectivity index is 2.84. The van der Waals surface area contributed by atoms with Gasteiger partial charge in [0.1, 0.15) is 4.60 Å². The van der Waals surface area contributed by atoms with Crippen molar-refractivity contribution in [1.29, 1.82) is 5.26 Å². The average molecular weight is 203 g/mol. The summed E-state index contributed by atoms with van der Waals surface area (Å²) in [5.74, 6) is 0. The smallest absolute Gasteiger partial charge is 0.121 e. The SMILES string of the molecule is N#CCc1scnc1Br. The largest absolute Gasteiger partial charge is 0.237 e. The highest BCUT2D eigenvalue weighted by Gasteiger charge is 1.99. The van der Waals surface area contributed by atoms with E-state index >= 15 is 0 Å². The van der Waals surface area contributed by atoms with E-state index in [1.54, 1.807) is 5.51 Å². The Labute approximate surface area is 65.3 Å². The first-order chi connectivity index (χ1) is 4.34. The lowest BCUT2D eigenvalue weighted by Crippen LogP contribution is -1.74. The van der Waals surface area contributed by atoms with Gasteiger partial charge >= 0.3 is 0 Å². The van der Waals surface area contributed by atoms with Crippen LogP contribution >= 0.6 is 27.3 Å². The molecule has 0 saturated heterocycles. The second-order valence-corrected chi connectivity index (χ2v) is 3.09. The van der Waals surface area contributed by atoms with Crippen molar-refractivity contribution < 1.29 is 0 Å². The van der Waals surface area contributed by atoms with Gasteiger partial charge in [-0.2, -0.15) is 5.26 Å². The Bertz CT molecular complexity index is 237. The maximum Gasteiger partial charge on any atom is 0.121 e. The fraction of sp³-hybridized carbons (Fsp3) is 0.200. The normalized spacial score (nSPS) is 8.89. The van der Waals surface area contributed by atoms with Crippen molar-refractivity contribution in [3.8, 4) is 6.07 Å². The van der Waals surface area contributed by atoms with E-state index in [1.165, 1.54) is 11.3 Å². The van der Waals surface area contributed by atoms with Crippen molar-refractivity contribution in [3.63, 3.8) is 0 Å². The molecule has 0 aliphatic rings. The third-order valence-corrected chi connectivity index (χ3v) is 2.61. The molecule has 1 aromatic rings. The van der Waals surface area contributed by atoms with E-state index in [0.29, 0.717) is 6.42 Å². The standard InChI is InChI=1S/C5H3BrN2S/c6-5-4(1-2-7)9-3-8-5/h3H,1H2. The molecular weight excluding hydrogens is 200 g/mol. The summed E-state index contributed by atoms with van der Waals surface area (Å²) < 4.78 is 0.800. The summed E-state index contributed by atoms with van der Waals surface area (Å²) in [7, 11) is 0. The predicted octanol–water partition coefficient (Wildman–Crippen LogP) is 1.97. The molecule has 4 heteroatoms. The summed E-state index contributed by atoms with van der Waals surface area (Å²) in [6.07, 6.45) is 0.450. The molecule has 0 aliphatic heterocycles. The third-order valence-electron chi connectivity index (χ3n) is 0.831. The molecule has 0 atom stereocenters. The van der Waals surface area contributed by atoms with Crippen molar-refractivity contribution in [2.75, 3.05) is 0 Å². The predicted molar refractivity (Wildman–Crippen MR) is 39.1 cm³/mol. The van der Waals surface area contributed by atoms with E-state index in [-0.39, 0.29) is 0 Å². The van der Waals surface area contributed by atoms with E-state index in [2.05, 4.69) is 27.0 Å². The fourth-order valence-corrected chi connectivity index (χ4v) is 1.68. The van der Waals surface area contributed by atoms with Gasteiger partial charge in [0, 0.05) is 0 Å². The minimum absolute atomic E-state index is 0.450. The van der Waals surface area contributed by atoms with Crippen molar-refractivity contribution in [2.45, 2.75) is 6.42 Å². The number of hydrogen-bond donors (Lipinski definition) is 0. The molecule has 0 spiro atoms. The number of nitrogens with zero attached hydrogens (tertiary/aromatic N) is 2. The minimum Gasteiger partial charge on any atom is -0.237 e. The number of halogens is 1. The monoisotopic (exact) mass is 202 g/mol. The fourth-order valence-electron chi connectivity index (χ4n) is 0.443. The highest BCUT2D eigenvalue weighted by molar-refractivity contribution is 9.10. The van der Waals surface area contributed by atoms with Crippen LogP contribution in [0.25, 0.3) is 0 Å². The number of aromatic nitrogens is 1. The zero-order chi connectivity index (χ0) is 6.69. The van der Waals surface area contributed by atoms with Gasteiger partial charge in [0.2, 0.25) is 0 Å². The molecular formula is C5H3BrN2S. The Hall–Kier alpha value is -0.400. The Morgan fingerprint density at radius 1 is 1.89 bits per heavy atom. The van der Waals surface area contributed by atoms with Crippen LogP contribution in [0.1, 0.15) is 4.88 Å².